The first-order chi connectivity index (χ1) is 7.65. The number of aromatic nitrogens is 1. The Hall–Kier alpha value is -1.99. The highest BCUT2D eigenvalue weighted by molar-refractivity contribution is 7.16. The van der Waals surface area contributed by atoms with E-state index in [1.165, 1.54) is 16.9 Å². The van der Waals surface area contributed by atoms with E-state index in [4.69, 9.17) is 11.5 Å². The molecule has 0 aliphatic rings. The maximum atomic E-state index is 5.59. The third-order valence-corrected chi connectivity index (χ3v) is 2.86. The zero-order valence-electron chi connectivity index (χ0n) is 8.82. The quantitative estimate of drug-likeness (QED) is 0.679. The fraction of sp³-hybridized carbons (Fsp3) is 0.0833. The summed E-state index contributed by atoms with van der Waals surface area (Å²) in [6.07, 6.45) is 0. The average Bonchev–Trinajstić information content (AvgIpc) is 2.58. The lowest BCUT2D eigenvalue weighted by atomic mass is 10.2. The summed E-state index contributed by atoms with van der Waals surface area (Å²) in [6, 6.07) is 7.99. The van der Waals surface area contributed by atoms with Crippen molar-refractivity contribution in [3.8, 4) is 11.8 Å². The summed E-state index contributed by atoms with van der Waals surface area (Å²) in [7, 11) is 0. The zero-order chi connectivity index (χ0) is 11.5. The third-order valence-electron chi connectivity index (χ3n) is 2.05. The fourth-order valence-corrected chi connectivity index (χ4v) is 1.76. The van der Waals surface area contributed by atoms with E-state index < -0.39 is 0 Å². The van der Waals surface area contributed by atoms with Gasteiger partial charge in [-0.15, -0.1) is 0 Å². The van der Waals surface area contributed by atoms with Crippen molar-refractivity contribution < 1.29 is 0 Å². The molecule has 2 aromatic rings. The highest BCUT2D eigenvalue weighted by atomic mass is 32.1. The summed E-state index contributed by atoms with van der Waals surface area (Å²) < 4.78 is 0. The molecule has 0 atom stereocenters. The standard InChI is InChI=1S/C12H11N3S/c1-8-2-4-9(5-3-8)6-7-10-15-11(13)12(14)16-10/h2-5H,13-14H2,1H3. The Morgan fingerprint density at radius 3 is 2.38 bits per heavy atom. The van der Waals surface area contributed by atoms with Gasteiger partial charge < -0.3 is 11.5 Å². The van der Waals surface area contributed by atoms with E-state index in [1.54, 1.807) is 0 Å². The number of aryl methyl sites for hydroxylation is 1. The van der Waals surface area contributed by atoms with Crippen molar-refractivity contribution in [1.82, 2.24) is 4.98 Å². The molecule has 0 radical (unpaired) electrons. The smallest absolute Gasteiger partial charge is 0.171 e. The average molecular weight is 229 g/mol. The van der Waals surface area contributed by atoms with Crippen molar-refractivity contribution >= 4 is 22.2 Å². The summed E-state index contributed by atoms with van der Waals surface area (Å²) in [4.78, 5) is 4.04. The molecule has 0 saturated carbocycles. The van der Waals surface area contributed by atoms with Gasteiger partial charge >= 0.3 is 0 Å². The lowest BCUT2D eigenvalue weighted by molar-refractivity contribution is 1.39. The summed E-state index contributed by atoms with van der Waals surface area (Å²) in [5, 5.41) is 1.17. The van der Waals surface area contributed by atoms with Gasteiger partial charge in [0.25, 0.3) is 0 Å². The van der Waals surface area contributed by atoms with E-state index in [2.05, 4.69) is 16.8 Å². The number of nitrogen functional groups attached to an aromatic ring is 2. The van der Waals surface area contributed by atoms with Gasteiger partial charge in [-0.2, -0.15) is 0 Å². The molecule has 0 saturated heterocycles. The van der Waals surface area contributed by atoms with E-state index >= 15 is 0 Å². The molecule has 0 amide bonds. The number of nitrogens with two attached hydrogens (primary N) is 2. The van der Waals surface area contributed by atoms with Crippen LogP contribution in [0.15, 0.2) is 24.3 Å². The van der Waals surface area contributed by atoms with Crippen molar-refractivity contribution in [2.24, 2.45) is 0 Å². The van der Waals surface area contributed by atoms with Gasteiger partial charge in [-0.3, -0.25) is 0 Å². The van der Waals surface area contributed by atoms with Gasteiger partial charge in [0.1, 0.15) is 5.00 Å². The van der Waals surface area contributed by atoms with Crippen LogP contribution < -0.4 is 11.5 Å². The van der Waals surface area contributed by atoms with Crippen molar-refractivity contribution in [3.05, 3.63) is 40.4 Å². The Labute approximate surface area is 98.1 Å². The minimum Gasteiger partial charge on any atom is -0.387 e. The van der Waals surface area contributed by atoms with Crippen LogP contribution >= 0.6 is 11.3 Å². The molecular weight excluding hydrogens is 218 g/mol. The molecule has 1 aromatic heterocycles. The van der Waals surface area contributed by atoms with Gasteiger partial charge in [-0.05, 0) is 25.0 Å². The van der Waals surface area contributed by atoms with Crippen LogP contribution in [0.2, 0.25) is 0 Å². The monoisotopic (exact) mass is 229 g/mol. The van der Waals surface area contributed by atoms with E-state index in [1.807, 2.05) is 31.2 Å². The minimum absolute atomic E-state index is 0.359. The molecule has 80 valence electrons. The van der Waals surface area contributed by atoms with Gasteiger partial charge in [0.15, 0.2) is 10.8 Å². The molecule has 0 aliphatic heterocycles. The zero-order valence-corrected chi connectivity index (χ0v) is 9.64. The Morgan fingerprint density at radius 2 is 1.81 bits per heavy atom. The Kier molecular flexibility index (Phi) is 2.80. The van der Waals surface area contributed by atoms with Crippen LogP contribution in [0.3, 0.4) is 0 Å². The maximum absolute atomic E-state index is 5.59. The molecule has 0 spiro atoms. The molecule has 0 bridgehead atoms. The summed E-state index contributed by atoms with van der Waals surface area (Å²) in [5.74, 6) is 6.31. The Morgan fingerprint density at radius 1 is 1.12 bits per heavy atom. The molecule has 0 aliphatic carbocycles. The maximum Gasteiger partial charge on any atom is 0.171 e. The Balaban J connectivity index is 2.24. The van der Waals surface area contributed by atoms with Gasteiger partial charge in [-0.25, -0.2) is 4.98 Å². The van der Waals surface area contributed by atoms with E-state index in [-0.39, 0.29) is 0 Å². The van der Waals surface area contributed by atoms with Crippen molar-refractivity contribution in [3.63, 3.8) is 0 Å². The highest BCUT2D eigenvalue weighted by Gasteiger charge is 2.01. The van der Waals surface area contributed by atoms with Crippen LogP contribution in [0.1, 0.15) is 16.1 Å². The molecule has 3 nitrogen and oxygen atoms in total. The molecule has 0 unspecified atom stereocenters. The van der Waals surface area contributed by atoms with E-state index in [0.29, 0.717) is 15.8 Å². The lowest BCUT2D eigenvalue weighted by Crippen LogP contribution is -1.89. The Bertz CT molecular complexity index is 539. The number of hydrogen-bond donors (Lipinski definition) is 2. The molecule has 2 rings (SSSR count). The number of nitrogens with zero attached hydrogens (tertiary/aromatic N) is 1. The van der Waals surface area contributed by atoms with Crippen LogP contribution in [-0.2, 0) is 0 Å². The normalized spacial score (nSPS) is 9.56. The minimum atomic E-state index is 0.359. The second kappa shape index (κ2) is 4.25. The molecular formula is C12H11N3S. The number of hydrogen-bond acceptors (Lipinski definition) is 4. The fourth-order valence-electron chi connectivity index (χ4n) is 1.16. The van der Waals surface area contributed by atoms with Gasteiger partial charge in [0.2, 0.25) is 0 Å². The van der Waals surface area contributed by atoms with Crippen LogP contribution in [-0.4, -0.2) is 4.98 Å². The van der Waals surface area contributed by atoms with E-state index in [9.17, 15) is 0 Å². The van der Waals surface area contributed by atoms with E-state index in [0.717, 1.165) is 5.56 Å². The molecule has 1 aromatic carbocycles. The molecule has 0 fully saturated rings. The SMILES string of the molecule is Cc1ccc(C#Cc2nc(N)c(N)s2)cc1. The topological polar surface area (TPSA) is 64.9 Å². The summed E-state index contributed by atoms with van der Waals surface area (Å²) >= 11 is 1.30. The van der Waals surface area contributed by atoms with Gasteiger partial charge in [0.05, 0.1) is 0 Å². The number of rotatable bonds is 0. The van der Waals surface area contributed by atoms with Crippen LogP contribution in [0, 0.1) is 18.8 Å². The first-order valence-corrected chi connectivity index (χ1v) is 5.57. The lowest BCUT2D eigenvalue weighted by Gasteiger charge is -1.90. The van der Waals surface area contributed by atoms with Crippen LogP contribution in [0.4, 0.5) is 10.8 Å². The summed E-state index contributed by atoms with van der Waals surface area (Å²) in [6.45, 7) is 2.04. The number of benzene rings is 1. The number of anilines is 2. The van der Waals surface area contributed by atoms with Crippen LogP contribution in [0.25, 0.3) is 0 Å². The third kappa shape index (κ3) is 2.33. The predicted octanol–water partition coefficient (Wildman–Crippen LogP) is 2.02. The number of thiazole rings is 1. The van der Waals surface area contributed by atoms with Gasteiger partial charge in [0, 0.05) is 5.56 Å². The van der Waals surface area contributed by atoms with Crippen LogP contribution in [0.5, 0.6) is 0 Å². The molecule has 16 heavy (non-hydrogen) atoms. The second-order valence-corrected chi connectivity index (χ2v) is 4.42. The highest BCUT2D eigenvalue weighted by Crippen LogP contribution is 2.21. The largest absolute Gasteiger partial charge is 0.387 e. The first kappa shape index (κ1) is 10.5. The molecule has 4 heteroatoms. The molecule has 4 N–H and O–H groups in total. The van der Waals surface area contributed by atoms with Crippen molar-refractivity contribution in [2.45, 2.75) is 6.92 Å². The van der Waals surface area contributed by atoms with Crippen molar-refractivity contribution in [1.29, 1.82) is 0 Å². The van der Waals surface area contributed by atoms with Gasteiger partial charge in [-0.1, -0.05) is 35.0 Å². The first-order valence-electron chi connectivity index (χ1n) is 4.75. The molecule has 1 heterocycles. The van der Waals surface area contributed by atoms with Crippen molar-refractivity contribution in [2.75, 3.05) is 11.5 Å². The summed E-state index contributed by atoms with van der Waals surface area (Å²) in [5.41, 5.74) is 13.3. The predicted molar refractivity (Wildman–Crippen MR) is 68.1 cm³/mol. The second-order valence-electron chi connectivity index (χ2n) is 3.38.